The predicted octanol–water partition coefficient (Wildman–Crippen LogP) is 2.71. The summed E-state index contributed by atoms with van der Waals surface area (Å²) in [5, 5.41) is 7.13. The molecule has 0 atom stereocenters. The number of carbonyl (C=O) groups is 1. The van der Waals surface area contributed by atoms with Crippen molar-refractivity contribution < 1.29 is 4.79 Å². The zero-order valence-corrected chi connectivity index (χ0v) is 9.78. The van der Waals surface area contributed by atoms with Crippen LogP contribution in [0.1, 0.15) is 37.6 Å². The molecule has 0 aliphatic rings. The fourth-order valence-corrected chi connectivity index (χ4v) is 1.78. The molecule has 0 unspecified atom stereocenters. The van der Waals surface area contributed by atoms with Crippen LogP contribution >= 0.6 is 11.3 Å². The van der Waals surface area contributed by atoms with Gasteiger partial charge in [0.25, 0.3) is 0 Å². The second kappa shape index (κ2) is 4.71. The molecule has 1 rings (SSSR count). The Labute approximate surface area is 89.3 Å². The standard InChI is InChI=1S/C11H17NOS/c1-11(2,3)12-6-4-10(13)9-5-7-14-8-9/h5,7-8,12H,4,6H2,1-3H3. The highest BCUT2D eigenvalue weighted by Gasteiger charge is 2.10. The van der Waals surface area contributed by atoms with E-state index in [0.717, 1.165) is 12.1 Å². The molecule has 1 heterocycles. The third-order valence-electron chi connectivity index (χ3n) is 1.85. The average molecular weight is 211 g/mol. The first kappa shape index (κ1) is 11.4. The van der Waals surface area contributed by atoms with Gasteiger partial charge < -0.3 is 5.32 Å². The Bertz CT molecular complexity index is 285. The number of rotatable bonds is 4. The summed E-state index contributed by atoms with van der Waals surface area (Å²) in [6.45, 7) is 7.05. The van der Waals surface area contributed by atoms with Gasteiger partial charge in [0.2, 0.25) is 0 Å². The third-order valence-corrected chi connectivity index (χ3v) is 2.53. The Morgan fingerprint density at radius 1 is 1.50 bits per heavy atom. The molecular formula is C11H17NOS. The van der Waals surface area contributed by atoms with E-state index < -0.39 is 0 Å². The summed E-state index contributed by atoms with van der Waals surface area (Å²) < 4.78 is 0. The minimum Gasteiger partial charge on any atom is -0.312 e. The molecule has 0 aromatic carbocycles. The Morgan fingerprint density at radius 2 is 2.21 bits per heavy atom. The topological polar surface area (TPSA) is 29.1 Å². The number of carbonyl (C=O) groups excluding carboxylic acids is 1. The fourth-order valence-electron chi connectivity index (χ4n) is 1.12. The molecule has 0 bridgehead atoms. The maximum atomic E-state index is 11.6. The van der Waals surface area contributed by atoms with Crippen molar-refractivity contribution in [1.82, 2.24) is 5.32 Å². The molecule has 14 heavy (non-hydrogen) atoms. The van der Waals surface area contributed by atoms with E-state index in [0.29, 0.717) is 6.42 Å². The van der Waals surface area contributed by atoms with Crippen molar-refractivity contribution in [3.8, 4) is 0 Å². The van der Waals surface area contributed by atoms with Gasteiger partial charge in [0.15, 0.2) is 5.78 Å². The molecule has 0 saturated carbocycles. The van der Waals surface area contributed by atoms with Gasteiger partial charge in [0, 0.05) is 29.4 Å². The predicted molar refractivity (Wildman–Crippen MR) is 61.0 cm³/mol. The molecule has 0 spiro atoms. The van der Waals surface area contributed by atoms with Crippen molar-refractivity contribution in [3.63, 3.8) is 0 Å². The molecule has 0 saturated heterocycles. The zero-order valence-electron chi connectivity index (χ0n) is 8.96. The third kappa shape index (κ3) is 4.03. The van der Waals surface area contributed by atoms with Crippen molar-refractivity contribution >= 4 is 17.1 Å². The van der Waals surface area contributed by atoms with E-state index in [9.17, 15) is 4.79 Å². The van der Waals surface area contributed by atoms with E-state index in [1.54, 1.807) is 11.3 Å². The van der Waals surface area contributed by atoms with Gasteiger partial charge in [0.1, 0.15) is 0 Å². The molecule has 3 heteroatoms. The van der Waals surface area contributed by atoms with Crippen LogP contribution in [0.25, 0.3) is 0 Å². The summed E-state index contributed by atoms with van der Waals surface area (Å²) in [6.07, 6.45) is 0.577. The first-order valence-corrected chi connectivity index (χ1v) is 5.74. The van der Waals surface area contributed by atoms with Crippen molar-refractivity contribution in [3.05, 3.63) is 22.4 Å². The van der Waals surface area contributed by atoms with Gasteiger partial charge in [0.05, 0.1) is 0 Å². The molecule has 1 aromatic rings. The molecule has 0 fully saturated rings. The van der Waals surface area contributed by atoms with E-state index in [1.807, 2.05) is 16.8 Å². The van der Waals surface area contributed by atoms with Crippen LogP contribution in [0.15, 0.2) is 16.8 Å². The van der Waals surface area contributed by atoms with E-state index in [1.165, 1.54) is 0 Å². The Hall–Kier alpha value is -0.670. The van der Waals surface area contributed by atoms with Crippen LogP contribution < -0.4 is 5.32 Å². The summed E-state index contributed by atoms with van der Waals surface area (Å²) in [7, 11) is 0. The molecule has 78 valence electrons. The summed E-state index contributed by atoms with van der Waals surface area (Å²) in [5.74, 6) is 0.225. The Balaban J connectivity index is 2.30. The lowest BCUT2D eigenvalue weighted by Crippen LogP contribution is -2.37. The summed E-state index contributed by atoms with van der Waals surface area (Å²) in [4.78, 5) is 11.6. The fraction of sp³-hybridized carbons (Fsp3) is 0.545. The summed E-state index contributed by atoms with van der Waals surface area (Å²) >= 11 is 1.57. The lowest BCUT2D eigenvalue weighted by Gasteiger charge is -2.19. The molecule has 2 nitrogen and oxygen atoms in total. The van der Waals surface area contributed by atoms with Crippen molar-refractivity contribution in [2.45, 2.75) is 32.7 Å². The molecule has 0 aliphatic carbocycles. The molecule has 0 amide bonds. The van der Waals surface area contributed by atoms with Gasteiger partial charge in [-0.25, -0.2) is 0 Å². The number of hydrogen-bond donors (Lipinski definition) is 1. The van der Waals surface area contributed by atoms with E-state index >= 15 is 0 Å². The van der Waals surface area contributed by atoms with Crippen molar-refractivity contribution in [2.24, 2.45) is 0 Å². The Morgan fingerprint density at radius 3 is 2.71 bits per heavy atom. The monoisotopic (exact) mass is 211 g/mol. The smallest absolute Gasteiger partial charge is 0.164 e. The number of hydrogen-bond acceptors (Lipinski definition) is 3. The zero-order chi connectivity index (χ0) is 10.6. The molecule has 0 radical (unpaired) electrons. The van der Waals surface area contributed by atoms with Crippen LogP contribution in [0.3, 0.4) is 0 Å². The number of ketones is 1. The van der Waals surface area contributed by atoms with E-state index in [4.69, 9.17) is 0 Å². The van der Waals surface area contributed by atoms with Crippen LogP contribution in [0.5, 0.6) is 0 Å². The van der Waals surface area contributed by atoms with Crippen LogP contribution in [-0.2, 0) is 0 Å². The minimum atomic E-state index is 0.0922. The summed E-state index contributed by atoms with van der Waals surface area (Å²) in [6, 6.07) is 1.88. The van der Waals surface area contributed by atoms with Gasteiger partial charge in [-0.3, -0.25) is 4.79 Å². The summed E-state index contributed by atoms with van der Waals surface area (Å²) in [5.41, 5.74) is 0.931. The number of nitrogens with one attached hydrogen (secondary N) is 1. The maximum Gasteiger partial charge on any atom is 0.164 e. The number of thiophene rings is 1. The lowest BCUT2D eigenvalue weighted by atomic mass is 10.1. The second-order valence-corrected chi connectivity index (χ2v) is 5.14. The highest BCUT2D eigenvalue weighted by atomic mass is 32.1. The van der Waals surface area contributed by atoms with Gasteiger partial charge in [-0.2, -0.15) is 11.3 Å². The average Bonchev–Trinajstić information content (AvgIpc) is 2.53. The second-order valence-electron chi connectivity index (χ2n) is 4.36. The minimum absolute atomic E-state index is 0.0922. The maximum absolute atomic E-state index is 11.6. The van der Waals surface area contributed by atoms with Crippen LogP contribution in [0, 0.1) is 0 Å². The Kier molecular flexibility index (Phi) is 3.84. The normalized spacial score (nSPS) is 11.6. The molecule has 1 N–H and O–H groups in total. The lowest BCUT2D eigenvalue weighted by molar-refractivity contribution is 0.0981. The SMILES string of the molecule is CC(C)(C)NCCC(=O)c1ccsc1. The van der Waals surface area contributed by atoms with Gasteiger partial charge in [-0.15, -0.1) is 0 Å². The largest absolute Gasteiger partial charge is 0.312 e. The molecular weight excluding hydrogens is 194 g/mol. The van der Waals surface area contributed by atoms with Crippen molar-refractivity contribution in [1.29, 1.82) is 0 Å². The van der Waals surface area contributed by atoms with Gasteiger partial charge in [-0.1, -0.05) is 0 Å². The number of Topliss-reactive ketones (excluding diaryl/α,β-unsaturated/α-hetero) is 1. The first-order valence-electron chi connectivity index (χ1n) is 4.79. The van der Waals surface area contributed by atoms with Crippen LogP contribution in [0.2, 0.25) is 0 Å². The highest BCUT2D eigenvalue weighted by molar-refractivity contribution is 7.08. The van der Waals surface area contributed by atoms with Crippen LogP contribution in [0.4, 0.5) is 0 Å². The molecule has 0 aliphatic heterocycles. The quantitative estimate of drug-likeness (QED) is 0.776. The highest BCUT2D eigenvalue weighted by Crippen LogP contribution is 2.08. The van der Waals surface area contributed by atoms with Gasteiger partial charge >= 0.3 is 0 Å². The van der Waals surface area contributed by atoms with E-state index in [-0.39, 0.29) is 11.3 Å². The van der Waals surface area contributed by atoms with Gasteiger partial charge in [-0.05, 0) is 32.2 Å². The molecule has 1 aromatic heterocycles. The van der Waals surface area contributed by atoms with E-state index in [2.05, 4.69) is 26.1 Å². The first-order chi connectivity index (χ1) is 6.49. The van der Waals surface area contributed by atoms with Crippen LogP contribution in [-0.4, -0.2) is 17.9 Å². The van der Waals surface area contributed by atoms with Crippen molar-refractivity contribution in [2.75, 3.05) is 6.54 Å².